The minimum Gasteiger partial charge on any atom is -0.452 e. The fraction of sp³-hybridized carbons (Fsp3) is 0.400. The highest BCUT2D eigenvalue weighted by molar-refractivity contribution is 7.91. The van der Waals surface area contributed by atoms with Crippen molar-refractivity contribution in [3.8, 4) is 5.69 Å². The molecule has 1 aromatic carbocycles. The molecule has 2 aromatic rings. The van der Waals surface area contributed by atoms with Gasteiger partial charge in [0.25, 0.3) is 5.91 Å². The lowest BCUT2D eigenvalue weighted by Crippen LogP contribution is -2.38. The SMILES string of the molecule is Cc1cccc(-n2c(C)cc(C(=O)OCC(=O)N[C@H]3CCS(=O)(=O)C3)c2C)c1. The van der Waals surface area contributed by atoms with Gasteiger partial charge in [-0.05, 0) is 51.0 Å². The summed E-state index contributed by atoms with van der Waals surface area (Å²) in [5.74, 6) is -1.07. The molecular formula is C20H24N2O5S. The predicted octanol–water partition coefficient (Wildman–Crippen LogP) is 1.86. The summed E-state index contributed by atoms with van der Waals surface area (Å²) in [7, 11) is -3.08. The smallest absolute Gasteiger partial charge is 0.340 e. The molecule has 0 bridgehead atoms. The molecule has 1 atom stereocenters. The van der Waals surface area contributed by atoms with E-state index in [4.69, 9.17) is 4.74 Å². The first kappa shape index (κ1) is 20.1. The fourth-order valence-corrected chi connectivity index (χ4v) is 5.19. The Balaban J connectivity index is 1.65. The van der Waals surface area contributed by atoms with Gasteiger partial charge in [0.1, 0.15) is 0 Å². The van der Waals surface area contributed by atoms with Crippen molar-refractivity contribution in [3.05, 3.63) is 52.8 Å². The minimum absolute atomic E-state index is 0.0651. The van der Waals surface area contributed by atoms with Crippen molar-refractivity contribution in [2.75, 3.05) is 18.1 Å². The molecule has 0 unspecified atom stereocenters. The molecule has 1 amide bonds. The van der Waals surface area contributed by atoms with Gasteiger partial charge >= 0.3 is 5.97 Å². The largest absolute Gasteiger partial charge is 0.452 e. The number of aryl methyl sites for hydroxylation is 2. The first-order valence-electron chi connectivity index (χ1n) is 9.09. The maximum absolute atomic E-state index is 12.5. The molecule has 1 saturated heterocycles. The first-order valence-corrected chi connectivity index (χ1v) is 10.9. The van der Waals surface area contributed by atoms with Gasteiger partial charge in [-0.3, -0.25) is 4.79 Å². The number of benzene rings is 1. The fourth-order valence-electron chi connectivity index (χ4n) is 3.52. The minimum atomic E-state index is -3.08. The topological polar surface area (TPSA) is 94.5 Å². The van der Waals surface area contributed by atoms with Crippen LogP contribution in [0.5, 0.6) is 0 Å². The highest BCUT2D eigenvalue weighted by Gasteiger charge is 2.29. The van der Waals surface area contributed by atoms with E-state index >= 15 is 0 Å². The van der Waals surface area contributed by atoms with E-state index in [0.29, 0.717) is 12.0 Å². The Morgan fingerprint density at radius 2 is 1.96 bits per heavy atom. The molecule has 1 N–H and O–H groups in total. The molecule has 2 heterocycles. The normalized spacial score (nSPS) is 18.0. The molecule has 1 fully saturated rings. The molecule has 1 aromatic heterocycles. The van der Waals surface area contributed by atoms with Crippen LogP contribution in [0.2, 0.25) is 0 Å². The van der Waals surface area contributed by atoms with Gasteiger partial charge < -0.3 is 14.6 Å². The Morgan fingerprint density at radius 1 is 1.21 bits per heavy atom. The van der Waals surface area contributed by atoms with E-state index in [2.05, 4.69) is 5.32 Å². The van der Waals surface area contributed by atoms with Crippen LogP contribution in [0.3, 0.4) is 0 Å². The molecule has 8 heteroatoms. The second-order valence-corrected chi connectivity index (χ2v) is 9.43. The summed E-state index contributed by atoms with van der Waals surface area (Å²) in [6.45, 7) is 5.29. The molecule has 1 aliphatic heterocycles. The number of rotatable bonds is 5. The number of carbonyl (C=O) groups is 2. The van der Waals surface area contributed by atoms with Crippen molar-refractivity contribution in [3.63, 3.8) is 0 Å². The van der Waals surface area contributed by atoms with Crippen molar-refractivity contribution in [2.45, 2.75) is 33.2 Å². The van der Waals surface area contributed by atoms with Gasteiger partial charge in [0.15, 0.2) is 16.4 Å². The van der Waals surface area contributed by atoms with E-state index in [1.54, 1.807) is 6.07 Å². The number of nitrogens with one attached hydrogen (secondary N) is 1. The Labute approximate surface area is 164 Å². The third-order valence-electron chi connectivity index (χ3n) is 4.84. The van der Waals surface area contributed by atoms with Gasteiger partial charge in [-0.25, -0.2) is 13.2 Å². The van der Waals surface area contributed by atoms with Crippen molar-refractivity contribution in [2.24, 2.45) is 0 Å². The number of carbonyl (C=O) groups excluding carboxylic acids is 2. The molecule has 0 radical (unpaired) electrons. The highest BCUT2D eigenvalue weighted by Crippen LogP contribution is 2.22. The first-order chi connectivity index (χ1) is 13.2. The average Bonchev–Trinajstić information content (AvgIpc) is 3.11. The third kappa shape index (κ3) is 4.44. The second-order valence-electron chi connectivity index (χ2n) is 7.20. The number of esters is 1. The van der Waals surface area contributed by atoms with E-state index < -0.39 is 34.4 Å². The molecule has 0 saturated carbocycles. The van der Waals surface area contributed by atoms with Crippen LogP contribution in [-0.4, -0.2) is 49.0 Å². The number of ether oxygens (including phenoxy) is 1. The van der Waals surface area contributed by atoms with Crippen LogP contribution < -0.4 is 5.32 Å². The van der Waals surface area contributed by atoms with Crippen molar-refractivity contribution in [1.29, 1.82) is 0 Å². The summed E-state index contributed by atoms with van der Waals surface area (Å²) in [6, 6.07) is 9.27. The lowest BCUT2D eigenvalue weighted by atomic mass is 10.2. The predicted molar refractivity (Wildman–Crippen MR) is 105 cm³/mol. The average molecular weight is 404 g/mol. The second kappa shape index (κ2) is 7.79. The maximum Gasteiger partial charge on any atom is 0.340 e. The van der Waals surface area contributed by atoms with E-state index in [1.165, 1.54) is 0 Å². The van der Waals surface area contributed by atoms with Crippen LogP contribution in [0.1, 0.15) is 33.7 Å². The van der Waals surface area contributed by atoms with Crippen LogP contribution in [0.25, 0.3) is 5.69 Å². The number of amides is 1. The summed E-state index contributed by atoms with van der Waals surface area (Å²) in [5, 5.41) is 2.60. The van der Waals surface area contributed by atoms with E-state index in [0.717, 1.165) is 22.6 Å². The van der Waals surface area contributed by atoms with Crippen LogP contribution in [-0.2, 0) is 19.4 Å². The Bertz CT molecular complexity index is 1020. The van der Waals surface area contributed by atoms with Gasteiger partial charge in [-0.2, -0.15) is 0 Å². The van der Waals surface area contributed by atoms with Gasteiger partial charge in [-0.1, -0.05) is 12.1 Å². The number of hydrogen-bond acceptors (Lipinski definition) is 5. The van der Waals surface area contributed by atoms with Gasteiger partial charge in [0, 0.05) is 23.1 Å². The molecule has 150 valence electrons. The summed E-state index contributed by atoms with van der Waals surface area (Å²) in [4.78, 5) is 24.4. The van der Waals surface area contributed by atoms with Gasteiger partial charge in [-0.15, -0.1) is 0 Å². The summed E-state index contributed by atoms with van der Waals surface area (Å²) >= 11 is 0. The number of aromatic nitrogens is 1. The lowest BCUT2D eigenvalue weighted by molar-refractivity contribution is -0.124. The van der Waals surface area contributed by atoms with E-state index in [9.17, 15) is 18.0 Å². The quantitative estimate of drug-likeness (QED) is 0.768. The van der Waals surface area contributed by atoms with Gasteiger partial charge in [0.05, 0.1) is 17.1 Å². The van der Waals surface area contributed by atoms with Crippen LogP contribution >= 0.6 is 0 Å². The van der Waals surface area contributed by atoms with Gasteiger partial charge in [0.2, 0.25) is 0 Å². The Kier molecular flexibility index (Phi) is 5.60. The number of sulfone groups is 1. The maximum atomic E-state index is 12.5. The zero-order valence-electron chi connectivity index (χ0n) is 16.2. The van der Waals surface area contributed by atoms with Crippen molar-refractivity contribution >= 4 is 21.7 Å². The molecule has 3 rings (SSSR count). The monoisotopic (exact) mass is 404 g/mol. The summed E-state index contributed by atoms with van der Waals surface area (Å²) in [5.41, 5.74) is 4.08. The highest BCUT2D eigenvalue weighted by atomic mass is 32.2. The van der Waals surface area contributed by atoms with Crippen LogP contribution in [0.15, 0.2) is 30.3 Å². The van der Waals surface area contributed by atoms with E-state index in [1.807, 2.05) is 49.6 Å². The zero-order chi connectivity index (χ0) is 20.5. The zero-order valence-corrected chi connectivity index (χ0v) is 17.0. The molecule has 7 nitrogen and oxygen atoms in total. The van der Waals surface area contributed by atoms with Crippen molar-refractivity contribution in [1.82, 2.24) is 9.88 Å². The Morgan fingerprint density at radius 3 is 2.61 bits per heavy atom. The Hall–Kier alpha value is -2.61. The standard InChI is InChI=1S/C20H24N2O5S/c1-13-5-4-6-17(9-13)22-14(2)10-18(15(22)3)20(24)27-11-19(23)21-16-7-8-28(25,26)12-16/h4-6,9-10,16H,7-8,11-12H2,1-3H3,(H,21,23)/t16-/m0/s1. The third-order valence-corrected chi connectivity index (χ3v) is 6.61. The molecule has 28 heavy (non-hydrogen) atoms. The van der Waals surface area contributed by atoms with Crippen LogP contribution in [0, 0.1) is 20.8 Å². The number of nitrogens with zero attached hydrogens (tertiary/aromatic N) is 1. The lowest BCUT2D eigenvalue weighted by Gasteiger charge is -2.12. The molecular weight excluding hydrogens is 380 g/mol. The van der Waals surface area contributed by atoms with Crippen LogP contribution in [0.4, 0.5) is 0 Å². The molecule has 0 aliphatic carbocycles. The molecule has 1 aliphatic rings. The van der Waals surface area contributed by atoms with Crippen molar-refractivity contribution < 1.29 is 22.7 Å². The molecule has 0 spiro atoms. The van der Waals surface area contributed by atoms with E-state index in [-0.39, 0.29) is 11.5 Å². The number of hydrogen-bond donors (Lipinski definition) is 1. The summed E-state index contributed by atoms with van der Waals surface area (Å²) < 4.78 is 30.0. The summed E-state index contributed by atoms with van der Waals surface area (Å²) in [6.07, 6.45) is 0.389.